The van der Waals surface area contributed by atoms with Crippen molar-refractivity contribution in [2.75, 3.05) is 16.8 Å². The van der Waals surface area contributed by atoms with Crippen LogP contribution in [0.15, 0.2) is 4.79 Å². The van der Waals surface area contributed by atoms with E-state index < -0.39 is 0 Å². The van der Waals surface area contributed by atoms with Crippen LogP contribution < -0.4 is 5.56 Å². The van der Waals surface area contributed by atoms with E-state index in [4.69, 9.17) is 0 Å². The Morgan fingerprint density at radius 1 is 1.24 bits per heavy atom. The second-order valence-electron chi connectivity index (χ2n) is 4.21. The Morgan fingerprint density at radius 3 is 2.76 bits per heavy atom. The smallest absolute Gasteiger partial charge is 0.267 e. The third-order valence-corrected chi connectivity index (χ3v) is 4.99. The molecule has 17 heavy (non-hydrogen) atoms. The second-order valence-corrected chi connectivity index (χ2v) is 6.23. The molecule has 0 bridgehead atoms. The van der Waals surface area contributed by atoms with Crippen LogP contribution in [0, 0.1) is 0 Å². The largest absolute Gasteiger partial charge is 0.268 e. The summed E-state index contributed by atoms with van der Waals surface area (Å²) >= 11 is 5.35. The zero-order valence-corrected chi connectivity index (χ0v) is 12.2. The lowest BCUT2D eigenvalue weighted by molar-refractivity contribution is 0.654. The number of fused-ring (bicyclic) bond motifs is 1. The van der Waals surface area contributed by atoms with E-state index in [1.165, 1.54) is 12.0 Å². The number of aryl methyl sites for hydroxylation is 1. The van der Waals surface area contributed by atoms with Gasteiger partial charge in [-0.2, -0.15) is 16.9 Å². The summed E-state index contributed by atoms with van der Waals surface area (Å²) in [5.41, 5.74) is 3.36. The average molecular weight is 317 g/mol. The van der Waals surface area contributed by atoms with E-state index in [1.54, 1.807) is 0 Å². The van der Waals surface area contributed by atoms with E-state index in [9.17, 15) is 4.79 Å². The number of nitrogens with zero attached hydrogens (tertiary/aromatic N) is 1. The van der Waals surface area contributed by atoms with Crippen molar-refractivity contribution in [3.8, 4) is 0 Å². The van der Waals surface area contributed by atoms with Crippen molar-refractivity contribution in [3.63, 3.8) is 0 Å². The number of aromatic amines is 1. The molecule has 0 unspecified atom stereocenters. The van der Waals surface area contributed by atoms with Crippen molar-refractivity contribution in [2.24, 2.45) is 0 Å². The van der Waals surface area contributed by atoms with Gasteiger partial charge in [0.1, 0.15) is 0 Å². The highest BCUT2D eigenvalue weighted by molar-refractivity contribution is 9.09. The first kappa shape index (κ1) is 13.1. The van der Waals surface area contributed by atoms with Gasteiger partial charge < -0.3 is 0 Å². The fraction of sp³-hybridized carbons (Fsp3) is 0.667. The third kappa shape index (κ3) is 3.35. The standard InChI is InChI=1S/C12H17BrN2OS/c13-6-8-17-7-5-11-9-3-1-2-4-10(9)12(16)15-14-11/h1-8H2,(H,15,16). The van der Waals surface area contributed by atoms with Crippen molar-refractivity contribution in [1.29, 1.82) is 0 Å². The minimum Gasteiger partial charge on any atom is -0.268 e. The number of hydrogen-bond donors (Lipinski definition) is 1. The molecule has 1 aliphatic carbocycles. The number of halogens is 1. The molecule has 3 nitrogen and oxygen atoms in total. The molecule has 0 amide bonds. The van der Waals surface area contributed by atoms with Gasteiger partial charge in [-0.05, 0) is 37.0 Å². The zero-order valence-electron chi connectivity index (χ0n) is 9.80. The van der Waals surface area contributed by atoms with E-state index in [0.717, 1.165) is 53.8 Å². The van der Waals surface area contributed by atoms with Crippen LogP contribution >= 0.6 is 27.7 Å². The summed E-state index contributed by atoms with van der Waals surface area (Å²) in [5.74, 6) is 2.21. The van der Waals surface area contributed by atoms with Crippen LogP contribution in [0.2, 0.25) is 0 Å². The quantitative estimate of drug-likeness (QED) is 0.670. The molecule has 2 rings (SSSR count). The summed E-state index contributed by atoms with van der Waals surface area (Å²) in [6.45, 7) is 0. The van der Waals surface area contributed by atoms with Gasteiger partial charge in [0.05, 0.1) is 5.69 Å². The number of alkyl halides is 1. The molecule has 1 aromatic rings. The van der Waals surface area contributed by atoms with Crippen LogP contribution in [0.5, 0.6) is 0 Å². The molecule has 0 aliphatic heterocycles. The maximum absolute atomic E-state index is 11.7. The summed E-state index contributed by atoms with van der Waals surface area (Å²) in [7, 11) is 0. The number of aromatic nitrogens is 2. The van der Waals surface area contributed by atoms with E-state index in [2.05, 4.69) is 26.1 Å². The SMILES string of the molecule is O=c1[nH]nc(CCSCCBr)c2c1CCCC2. The molecule has 94 valence electrons. The lowest BCUT2D eigenvalue weighted by atomic mass is 9.91. The second kappa shape index (κ2) is 6.59. The van der Waals surface area contributed by atoms with Crippen LogP contribution in [0.4, 0.5) is 0 Å². The first-order valence-electron chi connectivity index (χ1n) is 6.06. The monoisotopic (exact) mass is 316 g/mol. The molecule has 0 spiro atoms. The van der Waals surface area contributed by atoms with Crippen LogP contribution in [0.25, 0.3) is 0 Å². The fourth-order valence-electron chi connectivity index (χ4n) is 2.26. The van der Waals surface area contributed by atoms with Gasteiger partial charge >= 0.3 is 0 Å². The van der Waals surface area contributed by atoms with Crippen LogP contribution in [0.1, 0.15) is 29.7 Å². The van der Waals surface area contributed by atoms with Gasteiger partial charge in [-0.15, -0.1) is 0 Å². The molecular weight excluding hydrogens is 300 g/mol. The lowest BCUT2D eigenvalue weighted by Crippen LogP contribution is -2.23. The van der Waals surface area contributed by atoms with Gasteiger partial charge in [0.15, 0.2) is 0 Å². The first-order valence-corrected chi connectivity index (χ1v) is 8.33. The molecule has 5 heteroatoms. The van der Waals surface area contributed by atoms with E-state index >= 15 is 0 Å². The molecule has 0 radical (unpaired) electrons. The number of nitrogens with one attached hydrogen (secondary N) is 1. The molecule has 0 atom stereocenters. The molecule has 0 saturated carbocycles. The number of rotatable bonds is 5. The van der Waals surface area contributed by atoms with Crippen molar-refractivity contribution >= 4 is 27.7 Å². The summed E-state index contributed by atoms with van der Waals surface area (Å²) in [5, 5.41) is 7.91. The van der Waals surface area contributed by atoms with Gasteiger partial charge in [-0.3, -0.25) is 4.79 Å². The van der Waals surface area contributed by atoms with Crippen LogP contribution in [-0.2, 0) is 19.3 Å². The number of hydrogen-bond acceptors (Lipinski definition) is 3. The molecule has 1 aromatic heterocycles. The lowest BCUT2D eigenvalue weighted by Gasteiger charge is -2.17. The minimum absolute atomic E-state index is 0.0246. The van der Waals surface area contributed by atoms with Crippen molar-refractivity contribution in [2.45, 2.75) is 32.1 Å². The third-order valence-electron chi connectivity index (χ3n) is 3.09. The van der Waals surface area contributed by atoms with Gasteiger partial charge in [-0.25, -0.2) is 5.10 Å². The van der Waals surface area contributed by atoms with Crippen molar-refractivity contribution < 1.29 is 0 Å². The van der Waals surface area contributed by atoms with Gasteiger partial charge in [-0.1, -0.05) is 15.9 Å². The summed E-state index contributed by atoms with van der Waals surface area (Å²) in [6.07, 6.45) is 5.26. The highest BCUT2D eigenvalue weighted by atomic mass is 79.9. The van der Waals surface area contributed by atoms with E-state index in [1.807, 2.05) is 11.8 Å². The minimum atomic E-state index is 0.0246. The average Bonchev–Trinajstić information content (AvgIpc) is 2.37. The fourth-order valence-corrected chi connectivity index (χ4v) is 3.60. The molecule has 0 saturated heterocycles. The van der Waals surface area contributed by atoms with Crippen LogP contribution in [-0.4, -0.2) is 27.0 Å². The molecule has 1 N–H and O–H groups in total. The summed E-state index contributed by atoms with van der Waals surface area (Å²) in [6, 6.07) is 0. The Labute approximate surface area is 114 Å². The topological polar surface area (TPSA) is 45.8 Å². The Bertz CT molecular complexity index is 433. The van der Waals surface area contributed by atoms with Crippen molar-refractivity contribution in [1.82, 2.24) is 10.2 Å². The van der Waals surface area contributed by atoms with Crippen LogP contribution in [0.3, 0.4) is 0 Å². The van der Waals surface area contributed by atoms with Gasteiger partial charge in [0.2, 0.25) is 0 Å². The predicted molar refractivity (Wildman–Crippen MR) is 76.3 cm³/mol. The molecule has 0 aromatic carbocycles. The molecule has 1 aliphatic rings. The Kier molecular flexibility index (Phi) is 5.10. The maximum Gasteiger partial charge on any atom is 0.267 e. The summed E-state index contributed by atoms with van der Waals surface area (Å²) in [4.78, 5) is 11.7. The Balaban J connectivity index is 2.09. The highest BCUT2D eigenvalue weighted by Crippen LogP contribution is 2.21. The van der Waals surface area contributed by atoms with Crippen molar-refractivity contribution in [3.05, 3.63) is 27.2 Å². The maximum atomic E-state index is 11.7. The first-order chi connectivity index (χ1) is 8.33. The van der Waals surface area contributed by atoms with Gasteiger partial charge in [0.25, 0.3) is 5.56 Å². The van der Waals surface area contributed by atoms with Gasteiger partial charge in [0, 0.05) is 23.1 Å². The highest BCUT2D eigenvalue weighted by Gasteiger charge is 2.17. The Hall–Kier alpha value is -0.290. The number of thioether (sulfide) groups is 1. The number of H-pyrrole nitrogens is 1. The predicted octanol–water partition coefficient (Wildman–Crippen LogP) is 2.32. The zero-order chi connectivity index (χ0) is 12.1. The molecular formula is C12H17BrN2OS. The summed E-state index contributed by atoms with van der Waals surface area (Å²) < 4.78 is 0. The van der Waals surface area contributed by atoms with E-state index in [-0.39, 0.29) is 5.56 Å². The molecule has 1 heterocycles. The van der Waals surface area contributed by atoms with E-state index in [0.29, 0.717) is 0 Å². The normalized spacial score (nSPS) is 14.6. The Morgan fingerprint density at radius 2 is 2.00 bits per heavy atom. The molecule has 0 fully saturated rings.